The Hall–Kier alpha value is -1.92. The van der Waals surface area contributed by atoms with Gasteiger partial charge in [0.2, 0.25) is 11.8 Å². The van der Waals surface area contributed by atoms with E-state index < -0.39 is 0 Å². The third-order valence-electron chi connectivity index (χ3n) is 3.65. The van der Waals surface area contributed by atoms with Gasteiger partial charge < -0.3 is 20.1 Å². The average Bonchev–Trinajstić information content (AvgIpc) is 2.59. The van der Waals surface area contributed by atoms with Gasteiger partial charge in [-0.2, -0.15) is 0 Å². The summed E-state index contributed by atoms with van der Waals surface area (Å²) in [6.07, 6.45) is 0.333. The smallest absolute Gasteiger partial charge is 0.250 e. The molecule has 1 aromatic rings. The van der Waals surface area contributed by atoms with Crippen LogP contribution in [0.25, 0.3) is 0 Å². The number of hydrogen-bond donors (Lipinski definition) is 2. The first-order valence-electron chi connectivity index (χ1n) is 9.20. The zero-order chi connectivity index (χ0) is 19.4. The highest BCUT2D eigenvalue weighted by molar-refractivity contribution is 5.91. The van der Waals surface area contributed by atoms with Gasteiger partial charge in [-0.3, -0.25) is 9.59 Å². The highest BCUT2D eigenvalue weighted by Crippen LogP contribution is 2.16. The Labute approximate surface area is 156 Å². The van der Waals surface area contributed by atoms with Gasteiger partial charge in [0.05, 0.1) is 19.8 Å². The lowest BCUT2D eigenvalue weighted by molar-refractivity contribution is -0.122. The molecule has 2 amide bonds. The average molecular weight is 364 g/mol. The second kappa shape index (κ2) is 12.4. The van der Waals surface area contributed by atoms with E-state index >= 15 is 0 Å². The van der Waals surface area contributed by atoms with Crippen molar-refractivity contribution in [1.82, 2.24) is 5.32 Å². The van der Waals surface area contributed by atoms with Gasteiger partial charge in [-0.25, -0.2) is 0 Å². The van der Waals surface area contributed by atoms with Crippen LogP contribution in [0.2, 0.25) is 0 Å². The summed E-state index contributed by atoms with van der Waals surface area (Å²) in [6, 6.07) is 7.79. The largest absolute Gasteiger partial charge is 0.379 e. The van der Waals surface area contributed by atoms with Gasteiger partial charge in [-0.05, 0) is 29.5 Å². The molecule has 1 aromatic carbocycles. The van der Waals surface area contributed by atoms with Crippen LogP contribution in [-0.2, 0) is 19.1 Å². The molecule has 2 N–H and O–H groups in total. The molecule has 0 aliphatic carbocycles. The number of benzene rings is 1. The molecular formula is C20H32N2O4. The van der Waals surface area contributed by atoms with Crippen LogP contribution in [0, 0.1) is 5.92 Å². The maximum absolute atomic E-state index is 11.8. The minimum atomic E-state index is -0.199. The van der Waals surface area contributed by atoms with Crippen LogP contribution >= 0.6 is 0 Å². The van der Waals surface area contributed by atoms with Gasteiger partial charge in [0, 0.05) is 18.7 Å². The lowest BCUT2D eigenvalue weighted by Gasteiger charge is -2.09. The normalized spacial score (nSPS) is 11.0. The van der Waals surface area contributed by atoms with Crippen LogP contribution in [0.5, 0.6) is 0 Å². The van der Waals surface area contributed by atoms with E-state index in [0.29, 0.717) is 44.6 Å². The monoisotopic (exact) mass is 364 g/mol. The maximum atomic E-state index is 11.8. The third-order valence-corrected chi connectivity index (χ3v) is 3.65. The fraction of sp³-hybridized carbons (Fsp3) is 0.600. The topological polar surface area (TPSA) is 76.7 Å². The van der Waals surface area contributed by atoms with Gasteiger partial charge in [-0.15, -0.1) is 0 Å². The highest BCUT2D eigenvalue weighted by atomic mass is 16.5. The van der Waals surface area contributed by atoms with Crippen molar-refractivity contribution in [3.8, 4) is 0 Å². The van der Waals surface area contributed by atoms with E-state index in [2.05, 4.69) is 24.5 Å². The van der Waals surface area contributed by atoms with Crippen LogP contribution in [0.1, 0.15) is 45.6 Å². The summed E-state index contributed by atoms with van der Waals surface area (Å²) in [6.45, 7) is 10.0. The molecule has 146 valence electrons. The molecule has 6 heteroatoms. The Morgan fingerprint density at radius 1 is 0.923 bits per heavy atom. The van der Waals surface area contributed by atoms with Crippen LogP contribution in [0.4, 0.5) is 5.69 Å². The van der Waals surface area contributed by atoms with Gasteiger partial charge in [0.25, 0.3) is 0 Å². The van der Waals surface area contributed by atoms with E-state index in [1.165, 1.54) is 5.56 Å². The molecule has 0 unspecified atom stereocenters. The Kier molecular flexibility index (Phi) is 10.6. The summed E-state index contributed by atoms with van der Waals surface area (Å²) in [7, 11) is 0. The van der Waals surface area contributed by atoms with Crippen molar-refractivity contribution in [3.63, 3.8) is 0 Å². The van der Waals surface area contributed by atoms with Crippen molar-refractivity contribution in [3.05, 3.63) is 29.8 Å². The second-order valence-electron chi connectivity index (χ2n) is 6.94. The van der Waals surface area contributed by atoms with Crippen LogP contribution in [0.15, 0.2) is 24.3 Å². The van der Waals surface area contributed by atoms with Crippen LogP contribution in [-0.4, -0.2) is 44.8 Å². The molecule has 0 radical (unpaired) electrons. The minimum absolute atomic E-state index is 0.0116. The molecule has 0 aliphatic heterocycles. The fourth-order valence-corrected chi connectivity index (χ4v) is 2.10. The summed E-state index contributed by atoms with van der Waals surface area (Å²) in [5.41, 5.74) is 1.99. The first kappa shape index (κ1) is 22.1. The summed E-state index contributed by atoms with van der Waals surface area (Å²) >= 11 is 0. The van der Waals surface area contributed by atoms with E-state index in [4.69, 9.17) is 9.47 Å². The molecule has 6 nitrogen and oxygen atoms in total. The highest BCUT2D eigenvalue weighted by Gasteiger charge is 2.05. The molecule has 26 heavy (non-hydrogen) atoms. The Balaban J connectivity index is 2.05. The standard InChI is InChI=1S/C20H32N2O4/c1-15(2)13-21-19(23)9-10-25-11-12-26-14-20(24)22-18-7-5-17(6-8-18)16(3)4/h5-8,15-16H,9-14H2,1-4H3,(H,21,23)(H,22,24). The van der Waals surface area contributed by atoms with Crippen molar-refractivity contribution in [2.75, 3.05) is 38.3 Å². The van der Waals surface area contributed by atoms with E-state index in [0.717, 1.165) is 5.69 Å². The lowest BCUT2D eigenvalue weighted by Crippen LogP contribution is -2.28. The van der Waals surface area contributed by atoms with Crippen molar-refractivity contribution >= 4 is 17.5 Å². The van der Waals surface area contributed by atoms with Crippen molar-refractivity contribution in [1.29, 1.82) is 0 Å². The zero-order valence-electron chi connectivity index (χ0n) is 16.3. The van der Waals surface area contributed by atoms with E-state index in [1.807, 2.05) is 38.1 Å². The number of anilines is 1. The van der Waals surface area contributed by atoms with Gasteiger partial charge >= 0.3 is 0 Å². The summed E-state index contributed by atoms with van der Waals surface area (Å²) in [5.74, 6) is 0.690. The first-order chi connectivity index (χ1) is 12.4. The van der Waals surface area contributed by atoms with Gasteiger partial charge in [-0.1, -0.05) is 39.8 Å². The van der Waals surface area contributed by atoms with Crippen molar-refractivity contribution < 1.29 is 19.1 Å². The quantitative estimate of drug-likeness (QED) is 0.559. The number of hydrogen-bond acceptors (Lipinski definition) is 4. The van der Waals surface area contributed by atoms with Crippen molar-refractivity contribution in [2.24, 2.45) is 5.92 Å². The Morgan fingerprint density at radius 2 is 1.58 bits per heavy atom. The zero-order valence-corrected chi connectivity index (χ0v) is 16.3. The SMILES string of the molecule is CC(C)CNC(=O)CCOCCOCC(=O)Nc1ccc(C(C)C)cc1. The first-order valence-corrected chi connectivity index (χ1v) is 9.20. The predicted octanol–water partition coefficient (Wildman–Crippen LogP) is 2.94. The van der Waals surface area contributed by atoms with Gasteiger partial charge in [0.1, 0.15) is 6.61 Å². The summed E-state index contributed by atoms with van der Waals surface area (Å²) < 4.78 is 10.6. The molecule has 0 spiro atoms. The number of rotatable bonds is 12. The van der Waals surface area contributed by atoms with Crippen molar-refractivity contribution in [2.45, 2.75) is 40.0 Å². The maximum Gasteiger partial charge on any atom is 0.250 e. The molecular weight excluding hydrogens is 332 g/mol. The molecule has 1 rings (SSSR count). The minimum Gasteiger partial charge on any atom is -0.379 e. The predicted molar refractivity (Wildman–Crippen MR) is 103 cm³/mol. The second-order valence-corrected chi connectivity index (χ2v) is 6.94. The van der Waals surface area contributed by atoms with E-state index in [9.17, 15) is 9.59 Å². The molecule has 0 bridgehead atoms. The fourth-order valence-electron chi connectivity index (χ4n) is 2.10. The summed E-state index contributed by atoms with van der Waals surface area (Å²) in [4.78, 5) is 23.3. The summed E-state index contributed by atoms with van der Waals surface area (Å²) in [5, 5.41) is 5.62. The van der Waals surface area contributed by atoms with Gasteiger partial charge in [0.15, 0.2) is 0 Å². The lowest BCUT2D eigenvalue weighted by atomic mass is 10.0. The van der Waals surface area contributed by atoms with E-state index in [1.54, 1.807) is 0 Å². The molecule has 0 aromatic heterocycles. The number of carbonyl (C=O) groups is 2. The number of ether oxygens (including phenoxy) is 2. The van der Waals surface area contributed by atoms with Crippen LogP contribution in [0.3, 0.4) is 0 Å². The Morgan fingerprint density at radius 3 is 2.19 bits per heavy atom. The van der Waals surface area contributed by atoms with Crippen LogP contribution < -0.4 is 10.6 Å². The molecule has 0 aliphatic rings. The van der Waals surface area contributed by atoms with E-state index in [-0.39, 0.29) is 18.4 Å². The molecule has 0 fully saturated rings. The number of nitrogens with one attached hydrogen (secondary N) is 2. The third kappa shape index (κ3) is 10.2. The number of carbonyl (C=O) groups excluding carboxylic acids is 2. The molecule has 0 saturated heterocycles. The Bertz CT molecular complexity index is 541. The molecule has 0 atom stereocenters. The molecule has 0 heterocycles. The molecule has 0 saturated carbocycles. The number of amides is 2.